The monoisotopic (exact) mass is 272 g/mol. The van der Waals surface area contributed by atoms with Crippen molar-refractivity contribution in [2.45, 2.75) is 52.2 Å². The van der Waals surface area contributed by atoms with Crippen LogP contribution in [0.3, 0.4) is 0 Å². The first-order valence-electron chi connectivity index (χ1n) is 6.54. The summed E-state index contributed by atoms with van der Waals surface area (Å²) < 4.78 is 5.57. The summed E-state index contributed by atoms with van der Waals surface area (Å²) in [5, 5.41) is 14.4. The molecule has 0 aromatic rings. The summed E-state index contributed by atoms with van der Waals surface area (Å²) in [5.41, 5.74) is -1.19. The minimum atomic E-state index is -0.966. The quantitative estimate of drug-likeness (QED) is 0.721. The van der Waals surface area contributed by atoms with Gasteiger partial charge in [0.15, 0.2) is 0 Å². The van der Waals surface area contributed by atoms with Crippen LogP contribution in [-0.2, 0) is 9.53 Å². The number of carbonyl (C=O) groups excluding carboxylic acids is 1. The third kappa shape index (κ3) is 5.06. The van der Waals surface area contributed by atoms with Crippen LogP contribution in [0.1, 0.15) is 40.5 Å². The summed E-state index contributed by atoms with van der Waals surface area (Å²) >= 11 is 0. The molecule has 0 aromatic heterocycles. The Kier molecular flexibility index (Phi) is 4.79. The topological polar surface area (TPSA) is 87.7 Å². The number of hydrogen-bond donors (Lipinski definition) is 3. The van der Waals surface area contributed by atoms with E-state index < -0.39 is 11.4 Å². The highest BCUT2D eigenvalue weighted by Gasteiger charge is 2.31. The molecule has 1 aliphatic rings. The fourth-order valence-electron chi connectivity index (χ4n) is 1.97. The number of carboxylic acids is 1. The van der Waals surface area contributed by atoms with Crippen molar-refractivity contribution in [3.05, 3.63) is 0 Å². The number of aliphatic carboxylic acids is 1. The van der Waals surface area contributed by atoms with E-state index in [1.165, 1.54) is 0 Å². The van der Waals surface area contributed by atoms with E-state index in [0.29, 0.717) is 6.61 Å². The van der Waals surface area contributed by atoms with Crippen LogP contribution in [0.15, 0.2) is 0 Å². The number of carboxylic acid groups (broad SMARTS) is 1. The van der Waals surface area contributed by atoms with Gasteiger partial charge in [0.1, 0.15) is 0 Å². The predicted molar refractivity (Wildman–Crippen MR) is 71.0 cm³/mol. The fourth-order valence-corrected chi connectivity index (χ4v) is 1.97. The van der Waals surface area contributed by atoms with Gasteiger partial charge in [0.2, 0.25) is 0 Å². The first-order chi connectivity index (χ1) is 8.62. The minimum absolute atomic E-state index is 0.0664. The van der Waals surface area contributed by atoms with Gasteiger partial charge < -0.3 is 20.5 Å². The van der Waals surface area contributed by atoms with Gasteiger partial charge in [-0.05, 0) is 40.5 Å². The molecule has 0 saturated carbocycles. The maximum Gasteiger partial charge on any atom is 0.315 e. The molecule has 0 aromatic carbocycles. The molecule has 1 atom stereocenters. The molecule has 19 heavy (non-hydrogen) atoms. The highest BCUT2D eigenvalue weighted by molar-refractivity contribution is 5.77. The van der Waals surface area contributed by atoms with Gasteiger partial charge in [-0.25, -0.2) is 4.79 Å². The van der Waals surface area contributed by atoms with Crippen molar-refractivity contribution in [1.82, 2.24) is 10.6 Å². The van der Waals surface area contributed by atoms with E-state index in [1.807, 2.05) is 13.8 Å². The summed E-state index contributed by atoms with van der Waals surface area (Å²) in [6, 6.07) is -0.256. The normalized spacial score (nSPS) is 22.6. The number of nitrogens with one attached hydrogen (secondary N) is 2. The van der Waals surface area contributed by atoms with Crippen LogP contribution in [0.25, 0.3) is 0 Å². The maximum atomic E-state index is 11.7. The van der Waals surface area contributed by atoms with Crippen molar-refractivity contribution in [3.63, 3.8) is 0 Å². The summed E-state index contributed by atoms with van der Waals surface area (Å²) in [7, 11) is 0. The molecule has 3 N–H and O–H groups in total. The number of amides is 2. The molecule has 1 fully saturated rings. The van der Waals surface area contributed by atoms with E-state index in [-0.39, 0.29) is 24.2 Å². The molecule has 6 heteroatoms. The second-order valence-corrected chi connectivity index (χ2v) is 6.31. The Labute approximate surface area is 113 Å². The molecular weight excluding hydrogens is 248 g/mol. The van der Waals surface area contributed by atoms with E-state index in [2.05, 4.69) is 10.6 Å². The zero-order valence-corrected chi connectivity index (χ0v) is 12.1. The van der Waals surface area contributed by atoms with Gasteiger partial charge in [0.25, 0.3) is 0 Å². The zero-order valence-electron chi connectivity index (χ0n) is 12.1. The Hall–Kier alpha value is -1.30. The second kappa shape index (κ2) is 5.77. The Balaban J connectivity index is 2.37. The van der Waals surface area contributed by atoms with E-state index >= 15 is 0 Å². The number of hydrogen-bond acceptors (Lipinski definition) is 3. The standard InChI is InChI=1S/C13H24N2O4/c1-12(2,10(16)17)8-14-11(18)15-9-5-6-19-13(3,4)7-9/h9H,5-8H2,1-4H3,(H,16,17)(H2,14,15,18). The molecule has 0 radical (unpaired) electrons. The number of urea groups is 1. The third-order valence-electron chi connectivity index (χ3n) is 3.30. The summed E-state index contributed by atoms with van der Waals surface area (Å²) in [4.78, 5) is 22.7. The molecule has 1 heterocycles. The van der Waals surface area contributed by atoms with Gasteiger partial charge in [0, 0.05) is 19.2 Å². The van der Waals surface area contributed by atoms with Crippen LogP contribution in [0.4, 0.5) is 4.79 Å². The average Bonchev–Trinajstić information content (AvgIpc) is 2.25. The van der Waals surface area contributed by atoms with Crippen molar-refractivity contribution in [1.29, 1.82) is 0 Å². The van der Waals surface area contributed by atoms with Crippen molar-refractivity contribution in [2.75, 3.05) is 13.2 Å². The highest BCUT2D eigenvalue weighted by Crippen LogP contribution is 2.23. The average molecular weight is 272 g/mol. The maximum absolute atomic E-state index is 11.7. The van der Waals surface area contributed by atoms with Gasteiger partial charge in [0.05, 0.1) is 11.0 Å². The van der Waals surface area contributed by atoms with Crippen LogP contribution in [0, 0.1) is 5.41 Å². The lowest BCUT2D eigenvalue weighted by Gasteiger charge is -2.35. The van der Waals surface area contributed by atoms with Gasteiger partial charge in [-0.15, -0.1) is 0 Å². The molecule has 110 valence electrons. The van der Waals surface area contributed by atoms with Crippen LogP contribution in [0.5, 0.6) is 0 Å². The lowest BCUT2D eigenvalue weighted by Crippen LogP contribution is -2.50. The lowest BCUT2D eigenvalue weighted by atomic mass is 9.93. The van der Waals surface area contributed by atoms with Crippen LogP contribution in [0.2, 0.25) is 0 Å². The van der Waals surface area contributed by atoms with Gasteiger partial charge in [-0.2, -0.15) is 0 Å². The van der Waals surface area contributed by atoms with Crippen LogP contribution >= 0.6 is 0 Å². The fraction of sp³-hybridized carbons (Fsp3) is 0.846. The Morgan fingerprint density at radius 1 is 1.42 bits per heavy atom. The lowest BCUT2D eigenvalue weighted by molar-refractivity contribution is -0.146. The molecular formula is C13H24N2O4. The molecule has 0 aliphatic carbocycles. The molecule has 0 spiro atoms. The smallest absolute Gasteiger partial charge is 0.315 e. The first kappa shape index (κ1) is 15.8. The SMILES string of the molecule is CC1(C)CC(NC(=O)NCC(C)(C)C(=O)O)CCO1. The Morgan fingerprint density at radius 2 is 2.05 bits per heavy atom. The number of rotatable bonds is 4. The molecule has 1 unspecified atom stereocenters. The van der Waals surface area contributed by atoms with E-state index in [0.717, 1.165) is 12.8 Å². The van der Waals surface area contributed by atoms with E-state index in [4.69, 9.17) is 9.84 Å². The molecule has 1 aliphatic heterocycles. The summed E-state index contributed by atoms with van der Waals surface area (Å²) in [6.45, 7) is 7.86. The zero-order chi connectivity index (χ0) is 14.7. The van der Waals surface area contributed by atoms with Gasteiger partial charge in [-0.1, -0.05) is 0 Å². The van der Waals surface area contributed by atoms with Crippen molar-refractivity contribution >= 4 is 12.0 Å². The summed E-state index contributed by atoms with van der Waals surface area (Å²) in [6.07, 6.45) is 1.53. The number of ether oxygens (including phenoxy) is 1. The van der Waals surface area contributed by atoms with Crippen molar-refractivity contribution in [2.24, 2.45) is 5.41 Å². The molecule has 1 saturated heterocycles. The minimum Gasteiger partial charge on any atom is -0.481 e. The molecule has 1 rings (SSSR count). The molecule has 6 nitrogen and oxygen atoms in total. The second-order valence-electron chi connectivity index (χ2n) is 6.31. The highest BCUT2D eigenvalue weighted by atomic mass is 16.5. The van der Waals surface area contributed by atoms with Crippen LogP contribution < -0.4 is 10.6 Å². The largest absolute Gasteiger partial charge is 0.481 e. The van der Waals surface area contributed by atoms with E-state index in [9.17, 15) is 9.59 Å². The molecule has 2 amide bonds. The Bertz CT molecular complexity index is 353. The van der Waals surface area contributed by atoms with Crippen molar-refractivity contribution in [3.8, 4) is 0 Å². The van der Waals surface area contributed by atoms with Crippen molar-refractivity contribution < 1.29 is 19.4 Å². The number of carbonyl (C=O) groups is 2. The van der Waals surface area contributed by atoms with Crippen LogP contribution in [-0.4, -0.2) is 41.9 Å². The third-order valence-corrected chi connectivity index (χ3v) is 3.30. The first-order valence-corrected chi connectivity index (χ1v) is 6.54. The van der Waals surface area contributed by atoms with E-state index in [1.54, 1.807) is 13.8 Å². The van der Waals surface area contributed by atoms with Gasteiger partial charge in [-0.3, -0.25) is 4.79 Å². The molecule has 0 bridgehead atoms. The van der Waals surface area contributed by atoms with Gasteiger partial charge >= 0.3 is 12.0 Å². The summed E-state index contributed by atoms with van der Waals surface area (Å²) in [5.74, 6) is -0.931. The predicted octanol–water partition coefficient (Wildman–Crippen LogP) is 1.35. The Morgan fingerprint density at radius 3 is 2.58 bits per heavy atom.